The third-order valence-electron chi connectivity index (χ3n) is 9.40. The molecule has 1 N–H and O–H groups in total. The molecule has 34 heavy (non-hydrogen) atoms. The van der Waals surface area contributed by atoms with Crippen LogP contribution in [0.25, 0.3) is 27.5 Å². The van der Waals surface area contributed by atoms with Gasteiger partial charge in [-0.05, 0) is 69.5 Å². The van der Waals surface area contributed by atoms with Crippen molar-refractivity contribution in [2.45, 2.75) is 51.0 Å². The molecule has 1 heterocycles. The minimum atomic E-state index is -0.846. The molecule has 3 aromatic rings. The Kier molecular flexibility index (Phi) is 3.92. The largest absolute Gasteiger partial charge is 0.386 e. The summed E-state index contributed by atoms with van der Waals surface area (Å²) in [5, 5.41) is 16.9. The van der Waals surface area contributed by atoms with Crippen LogP contribution < -0.4 is 10.6 Å². The van der Waals surface area contributed by atoms with Crippen LogP contribution in [-0.2, 0) is 10.2 Å². The number of hydrogen-bond donors (Lipinski definition) is 1. The van der Waals surface area contributed by atoms with Crippen LogP contribution >= 0.6 is 0 Å². The first-order valence-corrected chi connectivity index (χ1v) is 12.5. The van der Waals surface area contributed by atoms with Gasteiger partial charge in [-0.25, -0.2) is 0 Å². The van der Waals surface area contributed by atoms with Crippen molar-refractivity contribution in [1.29, 1.82) is 0 Å². The number of benzene rings is 2. The van der Waals surface area contributed by atoms with Crippen molar-refractivity contribution in [3.05, 3.63) is 81.5 Å². The first-order valence-electron chi connectivity index (χ1n) is 12.5. The summed E-state index contributed by atoms with van der Waals surface area (Å²) in [6, 6.07) is 15.6. The molecule has 4 unspecified atom stereocenters. The van der Waals surface area contributed by atoms with E-state index in [1.807, 2.05) is 6.20 Å². The van der Waals surface area contributed by atoms with E-state index >= 15 is 0 Å². The molecule has 0 aliphatic heterocycles. The van der Waals surface area contributed by atoms with Crippen molar-refractivity contribution in [1.82, 2.24) is 4.98 Å². The van der Waals surface area contributed by atoms with Gasteiger partial charge in [-0.3, -0.25) is 4.98 Å². The van der Waals surface area contributed by atoms with Crippen LogP contribution in [0.3, 0.4) is 0 Å². The van der Waals surface area contributed by atoms with Gasteiger partial charge in [-0.2, -0.15) is 0 Å². The van der Waals surface area contributed by atoms with Gasteiger partial charge in [0.2, 0.25) is 0 Å². The molecule has 172 valence electrons. The minimum Gasteiger partial charge on any atom is -0.386 e. The van der Waals surface area contributed by atoms with E-state index in [-0.39, 0.29) is 23.2 Å². The highest BCUT2D eigenvalue weighted by molar-refractivity contribution is 6.06. The van der Waals surface area contributed by atoms with E-state index in [2.05, 4.69) is 70.2 Å². The second-order valence-electron chi connectivity index (χ2n) is 11.4. The number of hydrogen-bond acceptors (Lipinski definition) is 3. The molecule has 0 spiro atoms. The average molecular weight is 450 g/mol. The SMILES string of the molecule is COCC1(O)C2c3ccc4cccc5c4c3C3=C(C(C)=c4ncccc4=C(C3)C(C)C21)C5(C)C. The first kappa shape index (κ1) is 20.6. The van der Waals surface area contributed by atoms with Crippen molar-refractivity contribution in [3.63, 3.8) is 0 Å². The lowest BCUT2D eigenvalue weighted by Crippen LogP contribution is -2.35. The lowest BCUT2D eigenvalue weighted by Gasteiger charge is -2.39. The Balaban J connectivity index is 1.72. The standard InChI is InChI=1S/C31H31NO2/c1-16-21-14-22-25-20(28-27(16)31(28,33)15-34-5)12-11-18-8-6-10-23(24(18)25)30(3,4)26(22)17(2)29-19(21)9-7-13-32-29/h6-13,16,27-28,33H,14-15H2,1-5H3. The van der Waals surface area contributed by atoms with E-state index in [1.54, 1.807) is 7.11 Å². The highest BCUT2D eigenvalue weighted by atomic mass is 16.5. The van der Waals surface area contributed by atoms with Gasteiger partial charge in [0.05, 0.1) is 17.6 Å². The van der Waals surface area contributed by atoms with Gasteiger partial charge in [0, 0.05) is 35.8 Å². The van der Waals surface area contributed by atoms with Crippen LogP contribution in [0.2, 0.25) is 0 Å². The third-order valence-corrected chi connectivity index (χ3v) is 9.40. The van der Waals surface area contributed by atoms with E-state index < -0.39 is 5.60 Å². The maximum atomic E-state index is 11.9. The number of fused-ring (bicyclic) bond motifs is 4. The monoisotopic (exact) mass is 449 g/mol. The molecule has 2 aromatic carbocycles. The summed E-state index contributed by atoms with van der Waals surface area (Å²) in [7, 11) is 1.70. The molecular formula is C31H31NO2. The maximum absolute atomic E-state index is 11.9. The van der Waals surface area contributed by atoms with Gasteiger partial charge >= 0.3 is 0 Å². The summed E-state index contributed by atoms with van der Waals surface area (Å²) in [5.74, 6) is 0.438. The summed E-state index contributed by atoms with van der Waals surface area (Å²) in [6.07, 6.45) is 2.83. The molecule has 4 aliphatic carbocycles. The summed E-state index contributed by atoms with van der Waals surface area (Å²) >= 11 is 0. The van der Waals surface area contributed by atoms with Gasteiger partial charge in [-0.1, -0.05) is 62.7 Å². The molecule has 0 amide bonds. The van der Waals surface area contributed by atoms with Crippen LogP contribution in [0.4, 0.5) is 0 Å². The van der Waals surface area contributed by atoms with E-state index in [0.717, 1.165) is 11.8 Å². The molecule has 1 saturated carbocycles. The highest BCUT2D eigenvalue weighted by Crippen LogP contribution is 2.67. The number of nitrogens with zero attached hydrogens (tertiary/aromatic N) is 1. The quantitative estimate of drug-likeness (QED) is 0.629. The zero-order valence-corrected chi connectivity index (χ0v) is 20.6. The molecule has 0 saturated heterocycles. The fraction of sp³-hybridized carbons (Fsp3) is 0.387. The molecule has 4 atom stereocenters. The molecule has 3 nitrogen and oxygen atoms in total. The molecule has 1 aromatic heterocycles. The molecule has 2 bridgehead atoms. The van der Waals surface area contributed by atoms with Gasteiger partial charge in [0.1, 0.15) is 0 Å². The Morgan fingerprint density at radius 2 is 1.94 bits per heavy atom. The summed E-state index contributed by atoms with van der Waals surface area (Å²) in [4.78, 5) is 4.94. The van der Waals surface area contributed by atoms with Gasteiger partial charge in [0.25, 0.3) is 0 Å². The number of aromatic nitrogens is 1. The van der Waals surface area contributed by atoms with E-state index in [0.29, 0.717) is 6.61 Å². The van der Waals surface area contributed by atoms with Crippen molar-refractivity contribution in [2.75, 3.05) is 13.7 Å². The zero-order chi connectivity index (χ0) is 23.6. The number of allylic oxidation sites excluding steroid dienone is 2. The fourth-order valence-electron chi connectivity index (χ4n) is 8.06. The van der Waals surface area contributed by atoms with Crippen molar-refractivity contribution < 1.29 is 9.84 Å². The number of methoxy groups -OCH3 is 1. The Bertz CT molecular complexity index is 1580. The Labute approximate surface area is 200 Å². The number of pyridine rings is 1. The van der Waals surface area contributed by atoms with E-state index in [1.165, 1.54) is 55.0 Å². The zero-order valence-electron chi connectivity index (χ0n) is 20.6. The van der Waals surface area contributed by atoms with Gasteiger partial charge in [0.15, 0.2) is 0 Å². The normalized spacial score (nSPS) is 30.0. The van der Waals surface area contributed by atoms with Crippen LogP contribution in [0.15, 0.2) is 54.2 Å². The second-order valence-corrected chi connectivity index (χ2v) is 11.4. The highest BCUT2D eigenvalue weighted by Gasteiger charge is 2.68. The lowest BCUT2D eigenvalue weighted by molar-refractivity contribution is 0.0274. The topological polar surface area (TPSA) is 42.4 Å². The number of aliphatic hydroxyl groups is 1. The van der Waals surface area contributed by atoms with Crippen molar-refractivity contribution in [3.8, 4) is 0 Å². The molecule has 3 heteroatoms. The smallest absolute Gasteiger partial charge is 0.0992 e. The van der Waals surface area contributed by atoms with Crippen LogP contribution in [0.5, 0.6) is 0 Å². The van der Waals surface area contributed by atoms with Crippen LogP contribution in [0.1, 0.15) is 56.7 Å². The van der Waals surface area contributed by atoms with Gasteiger partial charge in [-0.15, -0.1) is 0 Å². The minimum absolute atomic E-state index is 0.0706. The first-order chi connectivity index (χ1) is 16.3. The fourth-order valence-corrected chi connectivity index (χ4v) is 8.06. The maximum Gasteiger partial charge on any atom is 0.0992 e. The van der Waals surface area contributed by atoms with Gasteiger partial charge < -0.3 is 9.84 Å². The molecule has 7 rings (SSSR count). The summed E-state index contributed by atoms with van der Waals surface area (Å²) in [5.41, 5.74) is 8.60. The lowest BCUT2D eigenvalue weighted by atomic mass is 9.64. The third kappa shape index (κ3) is 2.28. The molecule has 1 fully saturated rings. The Morgan fingerprint density at radius 1 is 1.12 bits per heavy atom. The second kappa shape index (κ2) is 6.47. The molecule has 4 aliphatic rings. The van der Waals surface area contributed by atoms with Crippen molar-refractivity contribution >= 4 is 27.5 Å². The predicted molar refractivity (Wildman–Crippen MR) is 137 cm³/mol. The van der Waals surface area contributed by atoms with E-state index in [9.17, 15) is 5.11 Å². The average Bonchev–Trinajstić information content (AvgIpc) is 3.45. The van der Waals surface area contributed by atoms with E-state index in [4.69, 9.17) is 9.72 Å². The van der Waals surface area contributed by atoms with Crippen molar-refractivity contribution in [2.24, 2.45) is 11.8 Å². The number of rotatable bonds is 2. The Morgan fingerprint density at radius 3 is 2.74 bits per heavy atom. The van der Waals surface area contributed by atoms with Crippen LogP contribution in [0, 0.1) is 11.8 Å². The summed E-state index contributed by atoms with van der Waals surface area (Å²) < 4.78 is 5.59. The van der Waals surface area contributed by atoms with Crippen LogP contribution in [-0.4, -0.2) is 29.4 Å². The summed E-state index contributed by atoms with van der Waals surface area (Å²) in [6.45, 7) is 9.69. The number of ether oxygens (including phenoxy) is 1. The molecule has 0 radical (unpaired) electrons. The molecular weight excluding hydrogens is 418 g/mol. The predicted octanol–water partition coefficient (Wildman–Crippen LogP) is 4.45. The Hall–Kier alpha value is -2.75.